The van der Waals surface area contributed by atoms with Gasteiger partial charge < -0.3 is 15.2 Å². The van der Waals surface area contributed by atoms with Gasteiger partial charge in [-0.25, -0.2) is 0 Å². The number of hydrogen-bond donors (Lipinski definition) is 1. The highest BCUT2D eigenvalue weighted by molar-refractivity contribution is 6.30. The van der Waals surface area contributed by atoms with Crippen molar-refractivity contribution in [3.8, 4) is 5.75 Å². The van der Waals surface area contributed by atoms with Crippen molar-refractivity contribution in [1.29, 1.82) is 0 Å². The standard InChI is InChI=1S/C12H18ClNO2/c1-15-7-3-5-11(14)9-16-12-6-2-4-10(13)8-12/h2,4,6,8,11H,3,5,7,9,14H2,1H3. The zero-order valence-electron chi connectivity index (χ0n) is 9.49. The van der Waals surface area contributed by atoms with Gasteiger partial charge in [0.05, 0.1) is 0 Å². The highest BCUT2D eigenvalue weighted by Crippen LogP contribution is 2.17. The minimum atomic E-state index is 0.0362. The predicted molar refractivity (Wildman–Crippen MR) is 66.0 cm³/mol. The van der Waals surface area contributed by atoms with Crippen LogP contribution in [0.25, 0.3) is 0 Å². The molecule has 0 aliphatic heterocycles. The summed E-state index contributed by atoms with van der Waals surface area (Å²) in [4.78, 5) is 0. The largest absolute Gasteiger partial charge is 0.492 e. The number of ether oxygens (including phenoxy) is 2. The molecule has 1 aromatic carbocycles. The van der Waals surface area contributed by atoms with Crippen LogP contribution >= 0.6 is 11.6 Å². The molecule has 0 amide bonds. The highest BCUT2D eigenvalue weighted by Gasteiger charge is 2.03. The van der Waals surface area contributed by atoms with E-state index in [4.69, 9.17) is 26.8 Å². The molecule has 4 heteroatoms. The Labute approximate surface area is 101 Å². The van der Waals surface area contributed by atoms with E-state index in [0.29, 0.717) is 11.6 Å². The molecule has 2 N–H and O–H groups in total. The van der Waals surface area contributed by atoms with Gasteiger partial charge in [-0.15, -0.1) is 0 Å². The molecule has 0 aromatic heterocycles. The molecule has 1 aromatic rings. The maximum absolute atomic E-state index is 5.89. The maximum Gasteiger partial charge on any atom is 0.120 e. The number of benzene rings is 1. The Morgan fingerprint density at radius 2 is 2.25 bits per heavy atom. The summed E-state index contributed by atoms with van der Waals surface area (Å²) in [6.45, 7) is 1.24. The van der Waals surface area contributed by atoms with Gasteiger partial charge in [-0.3, -0.25) is 0 Å². The molecule has 0 aliphatic rings. The molecule has 0 bridgehead atoms. The molecule has 0 aliphatic carbocycles. The zero-order chi connectivity index (χ0) is 11.8. The minimum Gasteiger partial charge on any atom is -0.492 e. The summed E-state index contributed by atoms with van der Waals surface area (Å²) in [7, 11) is 1.69. The van der Waals surface area contributed by atoms with Crippen LogP contribution in [0.5, 0.6) is 5.75 Å². The van der Waals surface area contributed by atoms with Crippen LogP contribution in [0.2, 0.25) is 5.02 Å². The fourth-order valence-electron chi connectivity index (χ4n) is 1.33. The van der Waals surface area contributed by atoms with Gasteiger partial charge in [-0.1, -0.05) is 17.7 Å². The second kappa shape index (κ2) is 7.49. The summed E-state index contributed by atoms with van der Waals surface area (Å²) in [5.41, 5.74) is 5.89. The van der Waals surface area contributed by atoms with Crippen LogP contribution < -0.4 is 10.5 Å². The van der Waals surface area contributed by atoms with Gasteiger partial charge >= 0.3 is 0 Å². The highest BCUT2D eigenvalue weighted by atomic mass is 35.5. The smallest absolute Gasteiger partial charge is 0.120 e. The first-order valence-corrected chi connectivity index (χ1v) is 5.73. The lowest BCUT2D eigenvalue weighted by Crippen LogP contribution is -2.28. The van der Waals surface area contributed by atoms with Gasteiger partial charge in [-0.2, -0.15) is 0 Å². The van der Waals surface area contributed by atoms with Gasteiger partial charge in [0.2, 0.25) is 0 Å². The summed E-state index contributed by atoms with van der Waals surface area (Å²) in [6, 6.07) is 7.35. The summed E-state index contributed by atoms with van der Waals surface area (Å²) in [5.74, 6) is 0.759. The first-order valence-electron chi connectivity index (χ1n) is 5.35. The van der Waals surface area contributed by atoms with E-state index in [2.05, 4.69) is 0 Å². The number of halogens is 1. The quantitative estimate of drug-likeness (QED) is 0.749. The second-order valence-corrected chi connectivity index (χ2v) is 4.10. The van der Waals surface area contributed by atoms with Crippen LogP contribution in [-0.2, 0) is 4.74 Å². The first-order chi connectivity index (χ1) is 7.72. The predicted octanol–water partition coefficient (Wildman–Crippen LogP) is 2.47. The lowest BCUT2D eigenvalue weighted by molar-refractivity contribution is 0.185. The SMILES string of the molecule is COCCCC(N)COc1cccc(Cl)c1. The van der Waals surface area contributed by atoms with Crippen LogP contribution in [0.3, 0.4) is 0 Å². The Bertz CT molecular complexity index is 307. The van der Waals surface area contributed by atoms with Crippen LogP contribution in [0, 0.1) is 0 Å². The van der Waals surface area contributed by atoms with Crippen LogP contribution in [-0.4, -0.2) is 26.4 Å². The number of methoxy groups -OCH3 is 1. The number of rotatable bonds is 7. The average molecular weight is 244 g/mol. The summed E-state index contributed by atoms with van der Waals surface area (Å²) in [5, 5.41) is 0.672. The first kappa shape index (κ1) is 13.3. The van der Waals surface area contributed by atoms with E-state index in [1.807, 2.05) is 18.2 Å². The van der Waals surface area contributed by atoms with E-state index in [1.165, 1.54) is 0 Å². The molecule has 1 rings (SSSR count). The molecule has 1 unspecified atom stereocenters. The molecular formula is C12H18ClNO2. The van der Waals surface area contributed by atoms with E-state index in [9.17, 15) is 0 Å². The molecule has 0 heterocycles. The van der Waals surface area contributed by atoms with Crippen molar-refractivity contribution >= 4 is 11.6 Å². The molecule has 0 radical (unpaired) electrons. The van der Waals surface area contributed by atoms with Crippen molar-refractivity contribution in [3.63, 3.8) is 0 Å². The van der Waals surface area contributed by atoms with Crippen molar-refractivity contribution in [1.82, 2.24) is 0 Å². The Morgan fingerprint density at radius 1 is 1.44 bits per heavy atom. The van der Waals surface area contributed by atoms with Crippen molar-refractivity contribution in [2.45, 2.75) is 18.9 Å². The van der Waals surface area contributed by atoms with Gasteiger partial charge in [0.25, 0.3) is 0 Å². The Balaban J connectivity index is 2.23. The molecule has 0 saturated carbocycles. The van der Waals surface area contributed by atoms with Gasteiger partial charge in [0.15, 0.2) is 0 Å². The van der Waals surface area contributed by atoms with Crippen LogP contribution in [0.15, 0.2) is 24.3 Å². The molecule has 3 nitrogen and oxygen atoms in total. The molecule has 0 spiro atoms. The molecule has 1 atom stereocenters. The van der Waals surface area contributed by atoms with Gasteiger partial charge in [-0.05, 0) is 31.0 Å². The fourth-order valence-corrected chi connectivity index (χ4v) is 1.51. The number of nitrogens with two attached hydrogens (primary N) is 1. The third-order valence-corrected chi connectivity index (χ3v) is 2.42. The molecule has 0 saturated heterocycles. The van der Waals surface area contributed by atoms with E-state index in [1.54, 1.807) is 13.2 Å². The van der Waals surface area contributed by atoms with Crippen molar-refractivity contribution in [2.24, 2.45) is 5.73 Å². The van der Waals surface area contributed by atoms with E-state index in [0.717, 1.165) is 25.2 Å². The lowest BCUT2D eigenvalue weighted by Gasteiger charge is -2.12. The second-order valence-electron chi connectivity index (χ2n) is 3.66. The van der Waals surface area contributed by atoms with Crippen LogP contribution in [0.4, 0.5) is 0 Å². The lowest BCUT2D eigenvalue weighted by atomic mass is 10.2. The summed E-state index contributed by atoms with van der Waals surface area (Å²) >= 11 is 5.83. The zero-order valence-corrected chi connectivity index (χ0v) is 10.2. The summed E-state index contributed by atoms with van der Waals surface area (Å²) in [6.07, 6.45) is 1.85. The maximum atomic E-state index is 5.89. The van der Waals surface area contributed by atoms with Crippen molar-refractivity contribution in [3.05, 3.63) is 29.3 Å². The average Bonchev–Trinajstić information content (AvgIpc) is 2.27. The van der Waals surface area contributed by atoms with E-state index >= 15 is 0 Å². The van der Waals surface area contributed by atoms with Crippen LogP contribution in [0.1, 0.15) is 12.8 Å². The Kier molecular flexibility index (Phi) is 6.23. The molecule has 16 heavy (non-hydrogen) atoms. The van der Waals surface area contributed by atoms with Gasteiger partial charge in [0.1, 0.15) is 12.4 Å². The molecular weight excluding hydrogens is 226 g/mol. The summed E-state index contributed by atoms with van der Waals surface area (Å²) < 4.78 is 10.5. The normalized spacial score (nSPS) is 12.4. The third-order valence-electron chi connectivity index (χ3n) is 2.18. The Hall–Kier alpha value is -0.770. The van der Waals surface area contributed by atoms with E-state index < -0.39 is 0 Å². The van der Waals surface area contributed by atoms with E-state index in [-0.39, 0.29) is 6.04 Å². The van der Waals surface area contributed by atoms with Crippen molar-refractivity contribution < 1.29 is 9.47 Å². The topological polar surface area (TPSA) is 44.5 Å². The van der Waals surface area contributed by atoms with Crippen molar-refractivity contribution in [2.75, 3.05) is 20.3 Å². The fraction of sp³-hybridized carbons (Fsp3) is 0.500. The Morgan fingerprint density at radius 3 is 2.94 bits per heavy atom. The molecule has 90 valence electrons. The monoisotopic (exact) mass is 243 g/mol. The third kappa shape index (κ3) is 5.35. The molecule has 0 fully saturated rings. The minimum absolute atomic E-state index is 0.0362. The number of hydrogen-bond acceptors (Lipinski definition) is 3. The van der Waals surface area contributed by atoms with Gasteiger partial charge in [0, 0.05) is 24.8 Å².